The van der Waals surface area contributed by atoms with E-state index in [1.807, 2.05) is 0 Å². The lowest BCUT2D eigenvalue weighted by molar-refractivity contribution is 0.180. The van der Waals surface area contributed by atoms with Gasteiger partial charge in [0.15, 0.2) is 0 Å². The van der Waals surface area contributed by atoms with Gasteiger partial charge in [0.1, 0.15) is 16.9 Å². The monoisotopic (exact) mass is 278 g/mol. The molecule has 0 aromatic carbocycles. The van der Waals surface area contributed by atoms with E-state index < -0.39 is 0 Å². The molecule has 1 aromatic heterocycles. The smallest absolute Gasteiger partial charge is 0.146 e. The van der Waals surface area contributed by atoms with E-state index in [1.165, 1.54) is 32.4 Å². The molecule has 1 aliphatic rings. The second kappa shape index (κ2) is 6.74. The lowest BCUT2D eigenvalue weighted by Crippen LogP contribution is -2.41. The minimum Gasteiger partial charge on any atom is -0.367 e. The number of nitrogens with one attached hydrogen (secondary N) is 1. The summed E-state index contributed by atoms with van der Waals surface area (Å²) in [5.41, 5.74) is 0.463. The molecular weight excluding hydrogens is 260 g/mol. The third-order valence-electron chi connectivity index (χ3n) is 3.59. The van der Waals surface area contributed by atoms with E-state index in [0.29, 0.717) is 22.4 Å². The summed E-state index contributed by atoms with van der Waals surface area (Å²) < 4.78 is 0. The van der Waals surface area contributed by atoms with E-state index in [2.05, 4.69) is 28.2 Å². The number of halogens is 1. The summed E-state index contributed by atoms with van der Waals surface area (Å²) in [6, 6.07) is 4.14. The van der Waals surface area contributed by atoms with Gasteiger partial charge in [0.2, 0.25) is 0 Å². The first-order valence-corrected chi connectivity index (χ1v) is 7.12. The highest BCUT2D eigenvalue weighted by Crippen LogP contribution is 2.23. The van der Waals surface area contributed by atoms with Gasteiger partial charge >= 0.3 is 0 Å². The van der Waals surface area contributed by atoms with Gasteiger partial charge in [0.25, 0.3) is 0 Å². The molecule has 1 saturated heterocycles. The van der Waals surface area contributed by atoms with Gasteiger partial charge in [0.05, 0.1) is 5.56 Å². The van der Waals surface area contributed by atoms with Crippen LogP contribution in [-0.4, -0.2) is 35.6 Å². The van der Waals surface area contributed by atoms with E-state index in [9.17, 15) is 0 Å². The van der Waals surface area contributed by atoms with Crippen molar-refractivity contribution in [3.05, 3.63) is 22.8 Å². The highest BCUT2D eigenvalue weighted by molar-refractivity contribution is 6.34. The number of hydrogen-bond acceptors (Lipinski definition) is 4. The minimum absolute atomic E-state index is 0.413. The number of likely N-dealkylation sites (tertiary alicyclic amines) is 1. The van der Waals surface area contributed by atoms with Crippen molar-refractivity contribution in [1.82, 2.24) is 9.88 Å². The van der Waals surface area contributed by atoms with Crippen LogP contribution in [0.2, 0.25) is 5.02 Å². The molecule has 2 rings (SSSR count). The molecule has 1 unspecified atom stereocenters. The number of hydrogen-bond donors (Lipinski definition) is 1. The number of aromatic nitrogens is 1. The summed E-state index contributed by atoms with van der Waals surface area (Å²) in [7, 11) is 0. The van der Waals surface area contributed by atoms with Crippen molar-refractivity contribution in [2.45, 2.75) is 32.2 Å². The summed E-state index contributed by atoms with van der Waals surface area (Å²) in [6.07, 6.45) is 5.52. The van der Waals surface area contributed by atoms with Crippen molar-refractivity contribution in [3.8, 4) is 6.07 Å². The van der Waals surface area contributed by atoms with Crippen LogP contribution in [0.3, 0.4) is 0 Å². The zero-order valence-corrected chi connectivity index (χ0v) is 12.0. The SMILES string of the molecule is CC(CNc1nccc(C#N)c1Cl)N1CCCCC1. The molecule has 1 aliphatic heterocycles. The van der Waals surface area contributed by atoms with Crippen LogP contribution in [0.15, 0.2) is 12.3 Å². The van der Waals surface area contributed by atoms with Gasteiger partial charge in [-0.3, -0.25) is 4.90 Å². The first-order chi connectivity index (χ1) is 9.22. The molecule has 102 valence electrons. The normalized spacial score (nSPS) is 17.7. The van der Waals surface area contributed by atoms with Gasteiger partial charge in [0, 0.05) is 18.8 Å². The van der Waals surface area contributed by atoms with E-state index in [1.54, 1.807) is 12.3 Å². The predicted octanol–water partition coefficient (Wildman–Crippen LogP) is 2.89. The summed E-state index contributed by atoms with van der Waals surface area (Å²) >= 11 is 6.12. The quantitative estimate of drug-likeness (QED) is 0.920. The number of piperidine rings is 1. The fraction of sp³-hybridized carbons (Fsp3) is 0.571. The Morgan fingerprint density at radius 3 is 2.89 bits per heavy atom. The van der Waals surface area contributed by atoms with Crippen molar-refractivity contribution < 1.29 is 0 Å². The van der Waals surface area contributed by atoms with Crippen LogP contribution < -0.4 is 5.32 Å². The largest absolute Gasteiger partial charge is 0.367 e. The van der Waals surface area contributed by atoms with Gasteiger partial charge in [-0.05, 0) is 38.9 Å². The standard InChI is InChI=1S/C14H19ClN4/c1-11(19-7-3-2-4-8-19)10-18-14-13(15)12(9-16)5-6-17-14/h5-6,11H,2-4,7-8,10H2,1H3,(H,17,18). The van der Waals surface area contributed by atoms with Crippen molar-refractivity contribution in [2.75, 3.05) is 25.0 Å². The zero-order valence-electron chi connectivity index (χ0n) is 11.2. The van der Waals surface area contributed by atoms with Gasteiger partial charge in [-0.15, -0.1) is 0 Å². The van der Waals surface area contributed by atoms with E-state index in [0.717, 1.165) is 6.54 Å². The van der Waals surface area contributed by atoms with Crippen LogP contribution in [0.5, 0.6) is 0 Å². The number of rotatable bonds is 4. The molecular formula is C14H19ClN4. The van der Waals surface area contributed by atoms with Crippen LogP contribution in [-0.2, 0) is 0 Å². The molecule has 1 aromatic rings. The molecule has 0 saturated carbocycles. The van der Waals surface area contributed by atoms with Crippen molar-refractivity contribution in [2.24, 2.45) is 0 Å². The lowest BCUT2D eigenvalue weighted by Gasteiger charge is -2.32. The van der Waals surface area contributed by atoms with E-state index in [-0.39, 0.29) is 0 Å². The van der Waals surface area contributed by atoms with Crippen LogP contribution in [0.1, 0.15) is 31.7 Å². The molecule has 1 fully saturated rings. The Hall–Kier alpha value is -1.31. The Morgan fingerprint density at radius 1 is 1.47 bits per heavy atom. The minimum atomic E-state index is 0.413. The Bertz CT molecular complexity index is 463. The fourth-order valence-corrected chi connectivity index (χ4v) is 2.61. The predicted molar refractivity (Wildman–Crippen MR) is 77.3 cm³/mol. The summed E-state index contributed by atoms with van der Waals surface area (Å²) in [4.78, 5) is 6.68. The van der Waals surface area contributed by atoms with Crippen LogP contribution >= 0.6 is 11.6 Å². The maximum absolute atomic E-state index is 8.93. The van der Waals surface area contributed by atoms with Crippen molar-refractivity contribution >= 4 is 17.4 Å². The fourth-order valence-electron chi connectivity index (χ4n) is 2.39. The Labute approximate surface area is 119 Å². The highest BCUT2D eigenvalue weighted by Gasteiger charge is 2.17. The molecule has 2 heterocycles. The summed E-state index contributed by atoms with van der Waals surface area (Å²) in [5, 5.41) is 12.6. The van der Waals surface area contributed by atoms with Crippen molar-refractivity contribution in [1.29, 1.82) is 5.26 Å². The molecule has 0 spiro atoms. The molecule has 0 radical (unpaired) electrons. The number of anilines is 1. The molecule has 4 nitrogen and oxygen atoms in total. The molecule has 19 heavy (non-hydrogen) atoms. The lowest BCUT2D eigenvalue weighted by atomic mass is 10.1. The highest BCUT2D eigenvalue weighted by atomic mass is 35.5. The molecule has 1 atom stereocenters. The van der Waals surface area contributed by atoms with Crippen LogP contribution in [0.4, 0.5) is 5.82 Å². The Balaban J connectivity index is 1.93. The third kappa shape index (κ3) is 3.59. The second-order valence-electron chi connectivity index (χ2n) is 4.96. The maximum Gasteiger partial charge on any atom is 0.146 e. The van der Waals surface area contributed by atoms with Crippen LogP contribution in [0, 0.1) is 11.3 Å². The molecule has 0 aliphatic carbocycles. The van der Waals surface area contributed by atoms with E-state index in [4.69, 9.17) is 16.9 Å². The zero-order chi connectivity index (χ0) is 13.7. The topological polar surface area (TPSA) is 52.0 Å². The summed E-state index contributed by atoms with van der Waals surface area (Å²) in [5.74, 6) is 0.601. The molecule has 0 bridgehead atoms. The number of nitriles is 1. The average molecular weight is 279 g/mol. The first kappa shape index (κ1) is 14.1. The van der Waals surface area contributed by atoms with Crippen LogP contribution in [0.25, 0.3) is 0 Å². The van der Waals surface area contributed by atoms with Gasteiger partial charge in [-0.25, -0.2) is 4.98 Å². The van der Waals surface area contributed by atoms with E-state index >= 15 is 0 Å². The Kier molecular flexibility index (Phi) is 5.00. The number of nitrogens with zero attached hydrogens (tertiary/aromatic N) is 3. The summed E-state index contributed by atoms with van der Waals surface area (Å²) in [6.45, 7) is 5.34. The molecule has 5 heteroatoms. The van der Waals surface area contributed by atoms with Gasteiger partial charge < -0.3 is 5.32 Å². The average Bonchev–Trinajstić information content (AvgIpc) is 2.47. The first-order valence-electron chi connectivity index (χ1n) is 6.75. The maximum atomic E-state index is 8.93. The molecule has 0 amide bonds. The van der Waals surface area contributed by atoms with Crippen molar-refractivity contribution in [3.63, 3.8) is 0 Å². The number of pyridine rings is 1. The second-order valence-corrected chi connectivity index (χ2v) is 5.34. The molecule has 1 N–H and O–H groups in total. The Morgan fingerprint density at radius 2 is 2.21 bits per heavy atom. The van der Waals surface area contributed by atoms with Gasteiger partial charge in [-0.1, -0.05) is 18.0 Å². The third-order valence-corrected chi connectivity index (χ3v) is 3.97. The van der Waals surface area contributed by atoms with Gasteiger partial charge in [-0.2, -0.15) is 5.26 Å².